The van der Waals surface area contributed by atoms with Crippen molar-refractivity contribution in [1.82, 2.24) is 10.3 Å². The number of ether oxygens (including phenoxy) is 1. The Kier molecular flexibility index (Phi) is 3.95. The fraction of sp³-hybridized carbons (Fsp3) is 0.286. The van der Waals surface area contributed by atoms with Gasteiger partial charge in [0.2, 0.25) is 11.6 Å². The summed E-state index contributed by atoms with van der Waals surface area (Å²) in [6.45, 7) is 5.09. The van der Waals surface area contributed by atoms with Crippen LogP contribution < -0.4 is 5.32 Å². The van der Waals surface area contributed by atoms with E-state index in [9.17, 15) is 14.4 Å². The van der Waals surface area contributed by atoms with Crippen molar-refractivity contribution in [2.45, 2.75) is 26.4 Å². The first kappa shape index (κ1) is 15.4. The molecular formula is C14H13BrN2O4. The van der Waals surface area contributed by atoms with Crippen LogP contribution in [-0.2, 0) is 4.74 Å². The van der Waals surface area contributed by atoms with E-state index in [0.717, 1.165) is 0 Å². The number of nitrogens with one attached hydrogen (secondary N) is 1. The van der Waals surface area contributed by atoms with E-state index in [2.05, 4.69) is 26.2 Å². The molecule has 1 amide bonds. The van der Waals surface area contributed by atoms with Gasteiger partial charge in [0.05, 0.1) is 10.0 Å². The Balaban J connectivity index is 2.33. The van der Waals surface area contributed by atoms with Crippen LogP contribution in [0.2, 0.25) is 0 Å². The second kappa shape index (κ2) is 5.40. The maximum Gasteiger partial charge on any atom is 0.412 e. The number of halogens is 1. The molecular weight excluding hydrogens is 340 g/mol. The third-order valence-corrected chi connectivity index (χ3v) is 3.34. The summed E-state index contributed by atoms with van der Waals surface area (Å²) in [4.78, 5) is 40.1. The van der Waals surface area contributed by atoms with E-state index in [1.807, 2.05) is 0 Å². The number of allylic oxidation sites excluding steroid dienone is 2. The molecule has 0 saturated carbocycles. The smallest absolute Gasteiger partial charge is 0.412 e. The van der Waals surface area contributed by atoms with E-state index in [0.29, 0.717) is 0 Å². The van der Waals surface area contributed by atoms with Crippen LogP contribution in [0, 0.1) is 0 Å². The molecule has 0 aliphatic heterocycles. The Morgan fingerprint density at radius 2 is 1.90 bits per heavy atom. The number of ketones is 2. The minimum atomic E-state index is -0.803. The third kappa shape index (κ3) is 3.18. The number of hydrogen-bond donors (Lipinski definition) is 1. The number of fused-ring (bicyclic) bond motifs is 1. The summed E-state index contributed by atoms with van der Waals surface area (Å²) in [5.74, 6) is -0.881. The van der Waals surface area contributed by atoms with Gasteiger partial charge < -0.3 is 4.74 Å². The van der Waals surface area contributed by atoms with E-state index in [4.69, 9.17) is 4.74 Å². The Labute approximate surface area is 129 Å². The van der Waals surface area contributed by atoms with Gasteiger partial charge in [-0.15, -0.1) is 0 Å². The van der Waals surface area contributed by atoms with Crippen molar-refractivity contribution in [1.29, 1.82) is 0 Å². The minimum absolute atomic E-state index is 0.00272. The number of amides is 1. The Hall–Kier alpha value is -2.02. The number of rotatable bonds is 1. The zero-order chi connectivity index (χ0) is 15.8. The molecule has 21 heavy (non-hydrogen) atoms. The van der Waals surface area contributed by atoms with Crippen LogP contribution in [0.4, 0.5) is 4.79 Å². The monoisotopic (exact) mass is 352 g/mol. The average molecular weight is 353 g/mol. The third-order valence-electron chi connectivity index (χ3n) is 2.58. The maximum absolute atomic E-state index is 12.3. The standard InChI is InChI=1S/C14H13BrN2O4/c1-14(2,3)21-13(20)17-10-9(15)11(18)7-4-5-16-6-8(7)12(10)19/h4-6H,1-3H3,(H,17,20). The molecule has 0 saturated heterocycles. The van der Waals surface area contributed by atoms with Crippen LogP contribution in [0.5, 0.6) is 0 Å². The number of carbonyl (C=O) groups excluding carboxylic acids is 3. The zero-order valence-corrected chi connectivity index (χ0v) is 13.3. The second-order valence-electron chi connectivity index (χ2n) is 5.40. The molecule has 0 atom stereocenters. The number of nitrogens with zero attached hydrogens (tertiary/aromatic N) is 1. The van der Waals surface area contributed by atoms with E-state index >= 15 is 0 Å². The highest BCUT2D eigenvalue weighted by molar-refractivity contribution is 9.12. The van der Waals surface area contributed by atoms with Gasteiger partial charge in [0.1, 0.15) is 11.3 Å². The fourth-order valence-corrected chi connectivity index (χ4v) is 2.25. The van der Waals surface area contributed by atoms with E-state index in [-0.39, 0.29) is 21.3 Å². The Bertz CT molecular complexity index is 674. The molecule has 0 unspecified atom stereocenters. The molecule has 1 N–H and O–H groups in total. The summed E-state index contributed by atoms with van der Waals surface area (Å²) < 4.78 is 5.07. The van der Waals surface area contributed by atoms with Gasteiger partial charge in [-0.3, -0.25) is 19.9 Å². The number of hydrogen-bond acceptors (Lipinski definition) is 5. The van der Waals surface area contributed by atoms with Crippen molar-refractivity contribution in [3.8, 4) is 0 Å². The lowest BCUT2D eigenvalue weighted by molar-refractivity contribution is 0.0539. The molecule has 1 heterocycles. The number of pyridine rings is 1. The summed E-state index contributed by atoms with van der Waals surface area (Å²) in [6.07, 6.45) is 1.92. The van der Waals surface area contributed by atoms with E-state index < -0.39 is 23.3 Å². The van der Waals surface area contributed by atoms with Crippen LogP contribution >= 0.6 is 15.9 Å². The SMILES string of the molecule is CC(C)(C)OC(=O)NC1=C(Br)C(=O)c2ccncc2C1=O. The topological polar surface area (TPSA) is 85.4 Å². The molecule has 1 aliphatic rings. The normalized spacial score (nSPS) is 14.9. The van der Waals surface area contributed by atoms with E-state index in [1.54, 1.807) is 20.8 Å². The zero-order valence-electron chi connectivity index (χ0n) is 11.7. The van der Waals surface area contributed by atoms with Gasteiger partial charge in [-0.05, 0) is 42.8 Å². The summed E-state index contributed by atoms with van der Waals surface area (Å²) in [5.41, 5.74) is -0.457. The van der Waals surface area contributed by atoms with Crippen LogP contribution in [0.3, 0.4) is 0 Å². The average Bonchev–Trinajstić information content (AvgIpc) is 2.39. The van der Waals surface area contributed by atoms with Gasteiger partial charge in [-0.2, -0.15) is 0 Å². The quantitative estimate of drug-likeness (QED) is 0.839. The van der Waals surface area contributed by atoms with Crippen LogP contribution in [0.15, 0.2) is 28.6 Å². The van der Waals surface area contributed by atoms with Gasteiger partial charge in [0, 0.05) is 18.0 Å². The molecule has 1 aromatic heterocycles. The number of Topliss-reactive ketones (excluding diaryl/α,β-unsaturated/α-hetero) is 2. The first-order valence-corrected chi connectivity index (χ1v) is 6.93. The van der Waals surface area contributed by atoms with Gasteiger partial charge in [-0.1, -0.05) is 0 Å². The van der Waals surface area contributed by atoms with Crippen molar-refractivity contribution in [3.63, 3.8) is 0 Å². The molecule has 6 nitrogen and oxygen atoms in total. The lowest BCUT2D eigenvalue weighted by Gasteiger charge is -2.22. The molecule has 2 rings (SSSR count). The molecule has 1 aromatic rings. The predicted octanol–water partition coefficient (Wildman–Crippen LogP) is 2.59. The van der Waals surface area contributed by atoms with Gasteiger partial charge >= 0.3 is 6.09 Å². The van der Waals surface area contributed by atoms with Crippen molar-refractivity contribution in [3.05, 3.63) is 39.8 Å². The van der Waals surface area contributed by atoms with Crippen LogP contribution in [0.1, 0.15) is 41.5 Å². The van der Waals surface area contributed by atoms with Crippen LogP contribution in [0.25, 0.3) is 0 Å². The van der Waals surface area contributed by atoms with Gasteiger partial charge in [-0.25, -0.2) is 4.79 Å². The lowest BCUT2D eigenvalue weighted by atomic mass is 9.94. The summed E-state index contributed by atoms with van der Waals surface area (Å²) in [7, 11) is 0. The summed E-state index contributed by atoms with van der Waals surface area (Å²) >= 11 is 3.06. The Morgan fingerprint density at radius 1 is 1.24 bits per heavy atom. The Morgan fingerprint density at radius 3 is 2.52 bits per heavy atom. The molecule has 0 aromatic carbocycles. The molecule has 7 heteroatoms. The summed E-state index contributed by atoms with van der Waals surface area (Å²) in [5, 5.41) is 2.32. The van der Waals surface area contributed by atoms with Gasteiger partial charge in [0.25, 0.3) is 0 Å². The van der Waals surface area contributed by atoms with Crippen LogP contribution in [-0.4, -0.2) is 28.2 Å². The van der Waals surface area contributed by atoms with Crippen molar-refractivity contribution in [2.75, 3.05) is 0 Å². The molecule has 0 bridgehead atoms. The number of alkyl carbamates (subject to hydrolysis) is 1. The van der Waals surface area contributed by atoms with Crippen molar-refractivity contribution < 1.29 is 19.1 Å². The number of carbonyl (C=O) groups is 3. The molecule has 0 spiro atoms. The predicted molar refractivity (Wildman–Crippen MR) is 78.2 cm³/mol. The first-order chi connectivity index (χ1) is 9.70. The number of aromatic nitrogens is 1. The molecule has 0 radical (unpaired) electrons. The highest BCUT2D eigenvalue weighted by atomic mass is 79.9. The fourth-order valence-electron chi connectivity index (χ4n) is 1.76. The maximum atomic E-state index is 12.3. The molecule has 110 valence electrons. The highest BCUT2D eigenvalue weighted by Gasteiger charge is 2.33. The van der Waals surface area contributed by atoms with Gasteiger partial charge in [0.15, 0.2) is 0 Å². The van der Waals surface area contributed by atoms with Crippen molar-refractivity contribution >= 4 is 33.6 Å². The molecule has 1 aliphatic carbocycles. The highest BCUT2D eigenvalue weighted by Crippen LogP contribution is 2.28. The minimum Gasteiger partial charge on any atom is -0.444 e. The summed E-state index contributed by atoms with van der Waals surface area (Å²) in [6, 6.07) is 1.46. The van der Waals surface area contributed by atoms with E-state index in [1.165, 1.54) is 18.5 Å². The largest absolute Gasteiger partial charge is 0.444 e. The lowest BCUT2D eigenvalue weighted by Crippen LogP contribution is -2.37. The first-order valence-electron chi connectivity index (χ1n) is 6.14. The second-order valence-corrected chi connectivity index (χ2v) is 6.19. The molecule has 0 fully saturated rings. The van der Waals surface area contributed by atoms with Crippen molar-refractivity contribution in [2.24, 2.45) is 0 Å².